The van der Waals surface area contributed by atoms with Crippen molar-refractivity contribution in [2.75, 3.05) is 26.2 Å². The lowest BCUT2D eigenvalue weighted by Gasteiger charge is -2.35. The van der Waals surface area contributed by atoms with Gasteiger partial charge in [0.25, 0.3) is 11.8 Å². The summed E-state index contributed by atoms with van der Waals surface area (Å²) < 4.78 is 20.3. The number of amides is 4. The van der Waals surface area contributed by atoms with E-state index < -0.39 is 47.0 Å². The number of aryl methyl sites for hydroxylation is 1. The molecule has 1 aromatic heterocycles. The fourth-order valence-electron chi connectivity index (χ4n) is 4.98. The number of carbonyl (C=O) groups excluding carboxylic acids is 4. The van der Waals surface area contributed by atoms with Gasteiger partial charge in [-0.15, -0.1) is 11.3 Å². The second kappa shape index (κ2) is 13.6. The molecule has 1 saturated heterocycles. The fraction of sp³-hybridized carbons (Fsp3) is 0.567. The molecule has 2 fully saturated rings. The van der Waals surface area contributed by atoms with Crippen LogP contribution < -0.4 is 26.4 Å². The zero-order valence-corrected chi connectivity index (χ0v) is 26.3. The molecule has 1 aliphatic heterocycles. The average Bonchev–Trinajstić information content (AvgIpc) is 3.38. The number of alkyl halides is 1. The first-order valence-electron chi connectivity index (χ1n) is 14.6. The van der Waals surface area contributed by atoms with Crippen LogP contribution >= 0.6 is 11.3 Å². The molecule has 3 atom stereocenters. The average molecular weight is 633 g/mol. The van der Waals surface area contributed by atoms with Crippen molar-refractivity contribution >= 4 is 35.0 Å². The van der Waals surface area contributed by atoms with Crippen molar-refractivity contribution in [1.29, 1.82) is 0 Å². The normalized spacial score (nSPS) is 19.7. The number of nitrogens with zero attached hydrogens (tertiary/aromatic N) is 2. The van der Waals surface area contributed by atoms with Crippen LogP contribution in [0.1, 0.15) is 51.3 Å². The number of hydrogen-bond acceptors (Lipinski definition) is 9. The number of thiazole rings is 1. The first-order chi connectivity index (χ1) is 20.7. The quantitative estimate of drug-likeness (QED) is 0.232. The highest BCUT2D eigenvalue weighted by Gasteiger charge is 2.53. The summed E-state index contributed by atoms with van der Waals surface area (Å²) in [7, 11) is 0. The molecule has 1 aromatic carbocycles. The van der Waals surface area contributed by atoms with Crippen molar-refractivity contribution in [2.24, 2.45) is 11.1 Å². The van der Waals surface area contributed by atoms with Gasteiger partial charge in [-0.3, -0.25) is 19.2 Å². The smallest absolute Gasteiger partial charge is 0.258 e. The van der Waals surface area contributed by atoms with E-state index in [1.54, 1.807) is 38.4 Å². The van der Waals surface area contributed by atoms with Gasteiger partial charge in [0, 0.05) is 38.2 Å². The molecule has 2 aromatic rings. The number of benzene rings is 1. The maximum Gasteiger partial charge on any atom is 0.258 e. The molecule has 1 aliphatic carbocycles. The van der Waals surface area contributed by atoms with E-state index in [-0.39, 0.29) is 51.4 Å². The first kappa shape index (κ1) is 33.3. The number of aliphatic hydroxyl groups is 1. The van der Waals surface area contributed by atoms with Crippen molar-refractivity contribution in [3.8, 4) is 16.2 Å². The molecule has 1 saturated carbocycles. The summed E-state index contributed by atoms with van der Waals surface area (Å²) in [5, 5.41) is 18.5. The fourth-order valence-corrected chi connectivity index (χ4v) is 5.78. The van der Waals surface area contributed by atoms with Gasteiger partial charge in [-0.25, -0.2) is 9.37 Å². The van der Waals surface area contributed by atoms with E-state index in [1.165, 1.54) is 16.2 Å². The standard InChI is InChI=1S/C30H41FN6O6S/c1-17-24(44-16-35-17)18-5-6-19(22(11-18)43-15-23(39)33-10-9-32)13-34-26(40)21-12-20(38)14-37(21)27(41)25(29(2,3)4)36-28(42)30(31)7-8-30/h5-6,11,16,20-21,25,38H,7-10,12-15,32H2,1-4H3,(H,33,39)(H,34,40)(H,36,42)/t20-,21?,25-/m1/s1. The number of nitrogens with two attached hydrogens (primary N) is 1. The van der Waals surface area contributed by atoms with Crippen LogP contribution in [0.4, 0.5) is 4.39 Å². The van der Waals surface area contributed by atoms with Gasteiger partial charge in [-0.1, -0.05) is 32.9 Å². The van der Waals surface area contributed by atoms with Crippen LogP contribution in [0.25, 0.3) is 10.4 Å². The maximum atomic E-state index is 14.4. The Bertz CT molecular complexity index is 1390. The minimum atomic E-state index is -1.97. The Morgan fingerprint density at radius 1 is 1.25 bits per heavy atom. The van der Waals surface area contributed by atoms with E-state index in [2.05, 4.69) is 20.9 Å². The van der Waals surface area contributed by atoms with Gasteiger partial charge in [-0.2, -0.15) is 0 Å². The lowest BCUT2D eigenvalue weighted by Crippen LogP contribution is -2.59. The molecule has 0 radical (unpaired) electrons. The van der Waals surface area contributed by atoms with Gasteiger partial charge in [0.15, 0.2) is 12.3 Å². The molecular formula is C30H41FN6O6S. The summed E-state index contributed by atoms with van der Waals surface area (Å²) in [6.45, 7) is 7.36. The van der Waals surface area contributed by atoms with Crippen molar-refractivity contribution in [1.82, 2.24) is 25.8 Å². The molecule has 6 N–H and O–H groups in total. The Morgan fingerprint density at radius 3 is 2.59 bits per heavy atom. The zero-order valence-electron chi connectivity index (χ0n) is 25.4. The highest BCUT2D eigenvalue weighted by atomic mass is 32.1. The summed E-state index contributed by atoms with van der Waals surface area (Å²) in [5.41, 5.74) is 6.71. The maximum absolute atomic E-state index is 14.4. The van der Waals surface area contributed by atoms with Crippen molar-refractivity contribution in [3.63, 3.8) is 0 Å². The van der Waals surface area contributed by atoms with Gasteiger partial charge in [0.05, 0.1) is 22.2 Å². The van der Waals surface area contributed by atoms with Crippen LogP contribution in [-0.4, -0.2) is 88.7 Å². The molecule has 4 amide bonds. The molecule has 12 nitrogen and oxygen atoms in total. The number of aromatic nitrogens is 1. The highest BCUT2D eigenvalue weighted by molar-refractivity contribution is 7.13. The van der Waals surface area contributed by atoms with E-state index in [0.717, 1.165) is 16.1 Å². The topological polar surface area (TPSA) is 176 Å². The monoisotopic (exact) mass is 632 g/mol. The van der Waals surface area contributed by atoms with Gasteiger partial charge >= 0.3 is 0 Å². The summed E-state index contributed by atoms with van der Waals surface area (Å²) in [6.07, 6.45) is -0.739. The molecule has 2 heterocycles. The van der Waals surface area contributed by atoms with Gasteiger partial charge in [0.1, 0.15) is 17.8 Å². The van der Waals surface area contributed by atoms with Gasteiger partial charge in [0.2, 0.25) is 11.8 Å². The largest absolute Gasteiger partial charge is 0.483 e. The van der Waals surface area contributed by atoms with E-state index >= 15 is 0 Å². The van der Waals surface area contributed by atoms with Crippen LogP contribution in [0.3, 0.4) is 0 Å². The molecular weight excluding hydrogens is 591 g/mol. The van der Waals surface area contributed by atoms with E-state index in [1.807, 2.05) is 13.0 Å². The Kier molecular flexibility index (Phi) is 10.3. The number of carbonyl (C=O) groups is 4. The third-order valence-electron chi connectivity index (χ3n) is 7.70. The highest BCUT2D eigenvalue weighted by Crippen LogP contribution is 2.40. The third kappa shape index (κ3) is 7.90. The summed E-state index contributed by atoms with van der Waals surface area (Å²) >= 11 is 1.47. The Balaban J connectivity index is 1.49. The Labute approximate surface area is 259 Å². The molecule has 4 rings (SSSR count). The van der Waals surface area contributed by atoms with E-state index in [9.17, 15) is 28.7 Å². The van der Waals surface area contributed by atoms with Crippen LogP contribution in [-0.2, 0) is 25.7 Å². The number of likely N-dealkylation sites (tertiary alicyclic amines) is 1. The first-order valence-corrected chi connectivity index (χ1v) is 15.5. The Hall–Kier alpha value is -3.62. The molecule has 0 spiro atoms. The van der Waals surface area contributed by atoms with E-state index in [0.29, 0.717) is 17.9 Å². The number of rotatable bonds is 12. The summed E-state index contributed by atoms with van der Waals surface area (Å²) in [5.74, 6) is -1.88. The molecule has 14 heteroatoms. The number of β-amino-alcohol motifs (C(OH)–C–C–N with tert-alkyl or cyclic N) is 1. The summed E-state index contributed by atoms with van der Waals surface area (Å²) in [4.78, 5) is 58.3. The minimum absolute atomic E-state index is 0.00367. The number of aliphatic hydroxyl groups excluding tert-OH is 1. The van der Waals surface area contributed by atoms with Gasteiger partial charge in [-0.05, 0) is 36.8 Å². The number of ether oxygens (including phenoxy) is 1. The lowest BCUT2D eigenvalue weighted by atomic mass is 9.85. The molecule has 0 bridgehead atoms. The van der Waals surface area contributed by atoms with Crippen molar-refractivity contribution in [2.45, 2.75) is 77.4 Å². The minimum Gasteiger partial charge on any atom is -0.483 e. The Morgan fingerprint density at radius 2 is 1.98 bits per heavy atom. The van der Waals surface area contributed by atoms with Crippen molar-refractivity contribution < 1.29 is 33.4 Å². The van der Waals surface area contributed by atoms with Gasteiger partial charge < -0.3 is 36.4 Å². The number of nitrogens with one attached hydrogen (secondary N) is 3. The van der Waals surface area contributed by atoms with Crippen LogP contribution in [0.2, 0.25) is 0 Å². The summed E-state index contributed by atoms with van der Waals surface area (Å²) in [6, 6.07) is 3.32. The molecule has 1 unspecified atom stereocenters. The van der Waals surface area contributed by atoms with Crippen LogP contribution in [0.5, 0.6) is 5.75 Å². The second-order valence-corrected chi connectivity index (χ2v) is 13.2. The third-order valence-corrected chi connectivity index (χ3v) is 8.68. The second-order valence-electron chi connectivity index (χ2n) is 12.4. The van der Waals surface area contributed by atoms with Crippen LogP contribution in [0, 0.1) is 12.3 Å². The number of hydrogen-bond donors (Lipinski definition) is 5. The SMILES string of the molecule is Cc1ncsc1-c1ccc(CNC(=O)C2C[C@@H](O)CN2C(=O)[C@@H](NC(=O)C2(F)CC2)C(C)(C)C)c(OCC(=O)NCCN)c1. The molecule has 240 valence electrons. The lowest BCUT2D eigenvalue weighted by molar-refractivity contribution is -0.145. The number of halogens is 1. The molecule has 44 heavy (non-hydrogen) atoms. The molecule has 2 aliphatic rings. The van der Waals surface area contributed by atoms with Crippen LogP contribution in [0.15, 0.2) is 23.7 Å². The predicted octanol–water partition coefficient (Wildman–Crippen LogP) is 1.18. The van der Waals surface area contributed by atoms with Crippen molar-refractivity contribution in [3.05, 3.63) is 35.0 Å². The van der Waals surface area contributed by atoms with E-state index in [4.69, 9.17) is 10.5 Å². The predicted molar refractivity (Wildman–Crippen MR) is 162 cm³/mol. The zero-order chi connectivity index (χ0) is 32.2.